The summed E-state index contributed by atoms with van der Waals surface area (Å²) in [6.45, 7) is 1.65. The maximum Gasteiger partial charge on any atom is 0.305 e. The third-order valence-electron chi connectivity index (χ3n) is 2.28. The Morgan fingerprint density at radius 3 is 2.44 bits per heavy atom. The van der Waals surface area contributed by atoms with Crippen LogP contribution in [0, 0.1) is 0 Å². The van der Waals surface area contributed by atoms with Crippen LogP contribution in [0.25, 0.3) is 0 Å². The van der Waals surface area contributed by atoms with Crippen LogP contribution in [-0.4, -0.2) is 59.9 Å². The molecule has 0 aromatic heterocycles. The third kappa shape index (κ3) is 5.09. The molecule has 0 heterocycles. The number of rotatable bonds is 8. The third-order valence-corrected chi connectivity index (χ3v) is 2.28. The fraction of sp³-hybridized carbons (Fsp3) is 0.800. The highest BCUT2D eigenvalue weighted by molar-refractivity contribution is 5.78. The fourth-order valence-electron chi connectivity index (χ4n) is 1.38. The van der Waals surface area contributed by atoms with Crippen LogP contribution in [0.5, 0.6) is 0 Å². The molecule has 2 N–H and O–H groups in total. The number of carbonyl (C=O) groups is 2. The summed E-state index contributed by atoms with van der Waals surface area (Å²) in [4.78, 5) is 23.4. The van der Waals surface area contributed by atoms with Crippen molar-refractivity contribution in [3.63, 3.8) is 0 Å². The molecule has 0 aliphatic rings. The summed E-state index contributed by atoms with van der Waals surface area (Å²) in [5.74, 6) is -1.27. The van der Waals surface area contributed by atoms with Gasteiger partial charge in [0.1, 0.15) is 6.61 Å². The van der Waals surface area contributed by atoms with Gasteiger partial charge in [-0.25, -0.2) is 0 Å². The van der Waals surface area contributed by atoms with Gasteiger partial charge in [0.05, 0.1) is 19.1 Å². The van der Waals surface area contributed by atoms with Gasteiger partial charge >= 0.3 is 5.97 Å². The number of ether oxygens (including phenoxy) is 1. The standard InChI is InChI=1S/C10H19NO5/c1-3-8(6-12)11(5-4-10(14)15)9(13)7-16-2/h8,12H,3-7H2,1-2H3,(H,14,15). The second-order valence-electron chi connectivity index (χ2n) is 3.41. The molecule has 0 saturated heterocycles. The van der Waals surface area contributed by atoms with Crippen LogP contribution in [0.2, 0.25) is 0 Å². The van der Waals surface area contributed by atoms with E-state index in [1.165, 1.54) is 12.0 Å². The molecule has 1 unspecified atom stereocenters. The average molecular weight is 233 g/mol. The Labute approximate surface area is 94.8 Å². The van der Waals surface area contributed by atoms with E-state index in [0.717, 1.165) is 0 Å². The normalized spacial score (nSPS) is 12.2. The number of carboxylic acid groups (broad SMARTS) is 1. The summed E-state index contributed by atoms with van der Waals surface area (Å²) < 4.78 is 4.71. The zero-order chi connectivity index (χ0) is 12.6. The molecule has 0 saturated carbocycles. The number of carboxylic acids is 1. The number of hydrogen-bond donors (Lipinski definition) is 2. The number of carbonyl (C=O) groups excluding carboxylic acids is 1. The van der Waals surface area contributed by atoms with Crippen molar-refractivity contribution in [1.82, 2.24) is 4.90 Å². The van der Waals surface area contributed by atoms with Crippen LogP contribution in [0.3, 0.4) is 0 Å². The molecule has 0 bridgehead atoms. The number of nitrogens with zero attached hydrogens (tertiary/aromatic N) is 1. The lowest BCUT2D eigenvalue weighted by Crippen LogP contribution is -2.44. The van der Waals surface area contributed by atoms with Crippen LogP contribution in [0.1, 0.15) is 19.8 Å². The van der Waals surface area contributed by atoms with Gasteiger partial charge in [0.25, 0.3) is 0 Å². The molecule has 0 aliphatic heterocycles. The molecule has 0 radical (unpaired) electrons. The molecule has 6 heteroatoms. The first-order valence-electron chi connectivity index (χ1n) is 5.17. The number of aliphatic carboxylic acids is 1. The highest BCUT2D eigenvalue weighted by Gasteiger charge is 2.21. The zero-order valence-corrected chi connectivity index (χ0v) is 9.68. The van der Waals surface area contributed by atoms with E-state index in [2.05, 4.69) is 0 Å². The monoisotopic (exact) mass is 233 g/mol. The molecule has 0 aromatic carbocycles. The molecular weight excluding hydrogens is 214 g/mol. The van der Waals surface area contributed by atoms with E-state index in [9.17, 15) is 9.59 Å². The lowest BCUT2D eigenvalue weighted by molar-refractivity contribution is -0.141. The summed E-state index contributed by atoms with van der Waals surface area (Å²) in [6.07, 6.45) is 0.442. The Morgan fingerprint density at radius 1 is 1.44 bits per heavy atom. The Hall–Kier alpha value is -1.14. The Bertz CT molecular complexity index is 227. The number of amides is 1. The van der Waals surface area contributed by atoms with Gasteiger partial charge < -0.3 is 19.8 Å². The van der Waals surface area contributed by atoms with Crippen molar-refractivity contribution < 1.29 is 24.5 Å². The lowest BCUT2D eigenvalue weighted by atomic mass is 10.2. The quantitative estimate of drug-likeness (QED) is 0.601. The Morgan fingerprint density at radius 2 is 2.06 bits per heavy atom. The van der Waals surface area contributed by atoms with E-state index in [0.29, 0.717) is 6.42 Å². The first-order valence-corrected chi connectivity index (χ1v) is 5.17. The molecule has 0 aromatic rings. The minimum atomic E-state index is -0.969. The van der Waals surface area contributed by atoms with Gasteiger partial charge in [-0.05, 0) is 6.42 Å². The predicted octanol–water partition coefficient (Wildman–Crippen LogP) is -0.293. The smallest absolute Gasteiger partial charge is 0.305 e. The maximum atomic E-state index is 11.6. The molecule has 0 aliphatic carbocycles. The number of aliphatic hydroxyl groups excluding tert-OH is 1. The maximum absolute atomic E-state index is 11.6. The fourth-order valence-corrected chi connectivity index (χ4v) is 1.38. The van der Waals surface area contributed by atoms with E-state index in [1.807, 2.05) is 6.92 Å². The van der Waals surface area contributed by atoms with Crippen molar-refractivity contribution in [1.29, 1.82) is 0 Å². The first kappa shape index (κ1) is 14.9. The van der Waals surface area contributed by atoms with Crippen LogP contribution >= 0.6 is 0 Å². The minimum Gasteiger partial charge on any atom is -0.481 e. The predicted molar refractivity (Wildman–Crippen MR) is 57.0 cm³/mol. The van der Waals surface area contributed by atoms with Gasteiger partial charge in [0.2, 0.25) is 5.91 Å². The van der Waals surface area contributed by atoms with Gasteiger partial charge in [0, 0.05) is 13.7 Å². The van der Waals surface area contributed by atoms with Crippen molar-refractivity contribution in [3.05, 3.63) is 0 Å². The number of aliphatic hydroxyl groups is 1. The number of hydrogen-bond acceptors (Lipinski definition) is 4. The van der Waals surface area contributed by atoms with Crippen LogP contribution < -0.4 is 0 Å². The molecular formula is C10H19NO5. The van der Waals surface area contributed by atoms with Crippen molar-refractivity contribution in [2.45, 2.75) is 25.8 Å². The summed E-state index contributed by atoms with van der Waals surface area (Å²) in [7, 11) is 1.40. The molecule has 0 spiro atoms. The second-order valence-corrected chi connectivity index (χ2v) is 3.41. The summed E-state index contributed by atoms with van der Waals surface area (Å²) in [5.41, 5.74) is 0. The molecule has 0 fully saturated rings. The number of methoxy groups -OCH3 is 1. The van der Waals surface area contributed by atoms with Crippen molar-refractivity contribution in [3.8, 4) is 0 Å². The second kappa shape index (κ2) is 8.06. The minimum absolute atomic E-state index is 0.0938. The highest BCUT2D eigenvalue weighted by Crippen LogP contribution is 2.06. The van der Waals surface area contributed by atoms with Gasteiger partial charge in [0.15, 0.2) is 0 Å². The van der Waals surface area contributed by atoms with Gasteiger partial charge in [-0.15, -0.1) is 0 Å². The van der Waals surface area contributed by atoms with Crippen molar-refractivity contribution in [2.24, 2.45) is 0 Å². The van der Waals surface area contributed by atoms with E-state index in [4.69, 9.17) is 14.9 Å². The van der Waals surface area contributed by atoms with E-state index >= 15 is 0 Å². The lowest BCUT2D eigenvalue weighted by Gasteiger charge is -2.29. The first-order chi connectivity index (χ1) is 7.56. The molecule has 6 nitrogen and oxygen atoms in total. The average Bonchev–Trinajstić information content (AvgIpc) is 2.24. The topological polar surface area (TPSA) is 87.1 Å². The van der Waals surface area contributed by atoms with Crippen LogP contribution in [0.4, 0.5) is 0 Å². The SMILES string of the molecule is CCC(CO)N(CCC(=O)O)C(=O)COC. The summed E-state index contributed by atoms with van der Waals surface area (Å²) in [6, 6.07) is -0.345. The molecule has 0 rings (SSSR count). The highest BCUT2D eigenvalue weighted by atomic mass is 16.5. The molecule has 16 heavy (non-hydrogen) atoms. The Balaban J connectivity index is 4.47. The molecule has 94 valence electrons. The Kier molecular flexibility index (Phi) is 7.49. The van der Waals surface area contributed by atoms with E-state index in [1.54, 1.807) is 0 Å². The van der Waals surface area contributed by atoms with E-state index < -0.39 is 5.97 Å². The molecule has 1 atom stereocenters. The largest absolute Gasteiger partial charge is 0.481 e. The molecule has 1 amide bonds. The van der Waals surface area contributed by atoms with Gasteiger partial charge in [-0.1, -0.05) is 6.92 Å². The van der Waals surface area contributed by atoms with Crippen molar-refractivity contribution in [2.75, 3.05) is 26.9 Å². The zero-order valence-electron chi connectivity index (χ0n) is 9.68. The summed E-state index contributed by atoms with van der Waals surface area (Å²) in [5, 5.41) is 17.7. The van der Waals surface area contributed by atoms with Gasteiger partial charge in [-0.2, -0.15) is 0 Å². The van der Waals surface area contributed by atoms with Gasteiger partial charge in [-0.3, -0.25) is 9.59 Å². The van der Waals surface area contributed by atoms with E-state index in [-0.39, 0.29) is 38.1 Å². The van der Waals surface area contributed by atoms with Crippen LogP contribution in [-0.2, 0) is 14.3 Å². The summed E-state index contributed by atoms with van der Waals surface area (Å²) >= 11 is 0. The van der Waals surface area contributed by atoms with Crippen LogP contribution in [0.15, 0.2) is 0 Å². The van der Waals surface area contributed by atoms with Crippen molar-refractivity contribution >= 4 is 11.9 Å².